The lowest BCUT2D eigenvalue weighted by atomic mass is 9.81. The van der Waals surface area contributed by atoms with Crippen LogP contribution in [0.1, 0.15) is 12.8 Å². The molecule has 0 saturated heterocycles. The molecule has 4 rings (SSSR count). The Kier molecular flexibility index (Phi) is 3.95. The Balaban J connectivity index is 1.43. The Morgan fingerprint density at radius 1 is 1.16 bits per heavy atom. The van der Waals surface area contributed by atoms with Crippen molar-refractivity contribution in [1.82, 2.24) is 15.0 Å². The van der Waals surface area contributed by atoms with Gasteiger partial charge in [-0.15, -0.1) is 0 Å². The van der Waals surface area contributed by atoms with Gasteiger partial charge in [-0.2, -0.15) is 0 Å². The number of nitrogens with zero attached hydrogens (tertiary/aromatic N) is 3. The molecule has 6 nitrogen and oxygen atoms in total. The van der Waals surface area contributed by atoms with E-state index in [-0.39, 0.29) is 11.7 Å². The average molecular weight is 356 g/mol. The molecule has 0 unspecified atom stereocenters. The first-order valence-corrected chi connectivity index (χ1v) is 9.98. The standard InChI is InChI=1S/C18H20N4O2S/c1-22(18-16-7-8-19-17(16)20-12-21-18)14-9-13(10-14)11-25(23,24)15-5-3-2-4-6-15/h2-8,12-14H,9-11H2,1H3,(H,19,20,21). The van der Waals surface area contributed by atoms with E-state index in [1.807, 2.05) is 25.4 Å². The second-order valence-corrected chi connectivity index (χ2v) is 8.67. The number of sulfone groups is 1. The SMILES string of the molecule is CN(c1ncnc2[nH]ccc12)C1CC(CS(=O)(=O)c2ccccc2)C1. The first kappa shape index (κ1) is 16.1. The van der Waals surface area contributed by atoms with E-state index in [9.17, 15) is 8.42 Å². The van der Waals surface area contributed by atoms with Crippen molar-refractivity contribution in [3.05, 3.63) is 48.9 Å². The number of benzene rings is 1. The Labute approximate surface area is 146 Å². The number of H-pyrrole nitrogens is 1. The molecule has 7 heteroatoms. The van der Waals surface area contributed by atoms with Crippen molar-refractivity contribution in [3.63, 3.8) is 0 Å². The number of fused-ring (bicyclic) bond motifs is 1. The fourth-order valence-corrected chi connectivity index (χ4v) is 5.16. The van der Waals surface area contributed by atoms with Crippen LogP contribution in [0.4, 0.5) is 5.82 Å². The molecule has 3 aromatic rings. The van der Waals surface area contributed by atoms with Gasteiger partial charge in [0.2, 0.25) is 0 Å². The summed E-state index contributed by atoms with van der Waals surface area (Å²) in [5, 5.41) is 0.991. The van der Waals surface area contributed by atoms with Crippen LogP contribution in [0, 0.1) is 5.92 Å². The fourth-order valence-electron chi connectivity index (χ4n) is 3.50. The molecule has 0 spiro atoms. The number of aromatic amines is 1. The molecule has 130 valence electrons. The van der Waals surface area contributed by atoms with Crippen molar-refractivity contribution < 1.29 is 8.42 Å². The molecule has 1 aliphatic carbocycles. The molecule has 0 atom stereocenters. The number of nitrogens with one attached hydrogen (secondary N) is 1. The van der Waals surface area contributed by atoms with Gasteiger partial charge in [-0.3, -0.25) is 0 Å². The lowest BCUT2D eigenvalue weighted by Gasteiger charge is -2.41. The first-order valence-electron chi connectivity index (χ1n) is 8.33. The van der Waals surface area contributed by atoms with Crippen molar-refractivity contribution in [2.75, 3.05) is 17.7 Å². The van der Waals surface area contributed by atoms with Crippen molar-refractivity contribution in [1.29, 1.82) is 0 Å². The molecule has 1 aliphatic rings. The predicted molar refractivity (Wildman–Crippen MR) is 97.3 cm³/mol. The van der Waals surface area contributed by atoms with Gasteiger partial charge in [0.1, 0.15) is 17.8 Å². The maximum absolute atomic E-state index is 12.5. The summed E-state index contributed by atoms with van der Waals surface area (Å²) in [6.45, 7) is 0. The molecule has 25 heavy (non-hydrogen) atoms. The highest BCUT2D eigenvalue weighted by Gasteiger charge is 2.36. The van der Waals surface area contributed by atoms with Crippen LogP contribution in [-0.4, -0.2) is 42.2 Å². The summed E-state index contributed by atoms with van der Waals surface area (Å²) in [6, 6.07) is 11.0. The summed E-state index contributed by atoms with van der Waals surface area (Å²) < 4.78 is 25.0. The Morgan fingerprint density at radius 2 is 1.92 bits per heavy atom. The molecular formula is C18H20N4O2S. The Bertz CT molecular complexity index is 978. The molecule has 0 bridgehead atoms. The summed E-state index contributed by atoms with van der Waals surface area (Å²) in [7, 11) is -1.19. The van der Waals surface area contributed by atoms with Crippen LogP contribution in [0.3, 0.4) is 0 Å². The van der Waals surface area contributed by atoms with Gasteiger partial charge < -0.3 is 9.88 Å². The molecule has 1 fully saturated rings. The largest absolute Gasteiger partial charge is 0.356 e. The highest BCUT2D eigenvalue weighted by Crippen LogP contribution is 2.36. The number of aromatic nitrogens is 3. The molecule has 1 saturated carbocycles. The van der Waals surface area contributed by atoms with Crippen LogP contribution in [-0.2, 0) is 9.84 Å². The highest BCUT2D eigenvalue weighted by molar-refractivity contribution is 7.91. The zero-order chi connectivity index (χ0) is 17.4. The zero-order valence-electron chi connectivity index (χ0n) is 14.0. The van der Waals surface area contributed by atoms with E-state index >= 15 is 0 Å². The smallest absolute Gasteiger partial charge is 0.178 e. The molecule has 0 aliphatic heterocycles. The minimum Gasteiger partial charge on any atom is -0.356 e. The first-order chi connectivity index (χ1) is 12.0. The van der Waals surface area contributed by atoms with E-state index in [1.54, 1.807) is 30.6 Å². The molecule has 2 heterocycles. The van der Waals surface area contributed by atoms with Gasteiger partial charge in [-0.05, 0) is 37.0 Å². The molecule has 2 aromatic heterocycles. The van der Waals surface area contributed by atoms with Gasteiger partial charge in [-0.25, -0.2) is 18.4 Å². The van der Waals surface area contributed by atoms with Crippen LogP contribution in [0.15, 0.2) is 53.8 Å². The van der Waals surface area contributed by atoms with Crippen LogP contribution in [0.2, 0.25) is 0 Å². The quantitative estimate of drug-likeness (QED) is 0.760. The van der Waals surface area contributed by atoms with Crippen molar-refractivity contribution >= 4 is 26.7 Å². The van der Waals surface area contributed by atoms with E-state index in [0.29, 0.717) is 10.9 Å². The highest BCUT2D eigenvalue weighted by atomic mass is 32.2. The molecule has 1 aromatic carbocycles. The van der Waals surface area contributed by atoms with E-state index in [1.165, 1.54) is 0 Å². The lowest BCUT2D eigenvalue weighted by Crippen LogP contribution is -2.45. The number of rotatable bonds is 5. The Morgan fingerprint density at radius 3 is 2.68 bits per heavy atom. The van der Waals surface area contributed by atoms with Crippen LogP contribution in [0.25, 0.3) is 11.0 Å². The van der Waals surface area contributed by atoms with Gasteiger partial charge in [0, 0.05) is 19.3 Å². The minimum absolute atomic E-state index is 0.196. The zero-order valence-corrected chi connectivity index (χ0v) is 14.8. The summed E-state index contributed by atoms with van der Waals surface area (Å²) in [5.74, 6) is 1.30. The van der Waals surface area contributed by atoms with Gasteiger partial charge in [0.15, 0.2) is 9.84 Å². The van der Waals surface area contributed by atoms with Gasteiger partial charge in [0.05, 0.1) is 16.0 Å². The van der Waals surface area contributed by atoms with Crippen molar-refractivity contribution in [3.8, 4) is 0 Å². The third kappa shape index (κ3) is 3.00. The van der Waals surface area contributed by atoms with Crippen LogP contribution >= 0.6 is 0 Å². The second kappa shape index (κ2) is 6.15. The van der Waals surface area contributed by atoms with Crippen LogP contribution in [0.5, 0.6) is 0 Å². The summed E-state index contributed by atoms with van der Waals surface area (Å²) in [5.41, 5.74) is 0.819. The average Bonchev–Trinajstić information content (AvgIpc) is 3.06. The molecular weight excluding hydrogens is 336 g/mol. The van der Waals surface area contributed by atoms with Gasteiger partial charge in [-0.1, -0.05) is 18.2 Å². The normalized spacial score (nSPS) is 20.4. The Hall–Kier alpha value is -2.41. The van der Waals surface area contributed by atoms with Gasteiger partial charge in [0.25, 0.3) is 0 Å². The maximum Gasteiger partial charge on any atom is 0.178 e. The number of hydrogen-bond acceptors (Lipinski definition) is 5. The monoisotopic (exact) mass is 356 g/mol. The fraction of sp³-hybridized carbons (Fsp3) is 0.333. The predicted octanol–water partition coefficient (Wildman–Crippen LogP) is 2.65. The topological polar surface area (TPSA) is 79.0 Å². The van der Waals surface area contributed by atoms with Gasteiger partial charge >= 0.3 is 0 Å². The van der Waals surface area contributed by atoms with E-state index in [0.717, 1.165) is 29.7 Å². The minimum atomic E-state index is -3.21. The summed E-state index contributed by atoms with van der Waals surface area (Å²) in [4.78, 5) is 14.3. The molecule has 0 amide bonds. The van der Waals surface area contributed by atoms with Crippen LogP contribution < -0.4 is 4.90 Å². The summed E-state index contributed by atoms with van der Waals surface area (Å²) in [6.07, 6.45) is 5.13. The lowest BCUT2D eigenvalue weighted by molar-refractivity contribution is 0.282. The van der Waals surface area contributed by atoms with E-state index in [4.69, 9.17) is 0 Å². The number of anilines is 1. The third-order valence-electron chi connectivity index (χ3n) is 4.98. The van der Waals surface area contributed by atoms with Crippen molar-refractivity contribution in [2.45, 2.75) is 23.8 Å². The molecule has 0 radical (unpaired) electrons. The third-order valence-corrected chi connectivity index (χ3v) is 6.88. The van der Waals surface area contributed by atoms with E-state index < -0.39 is 9.84 Å². The van der Waals surface area contributed by atoms with E-state index in [2.05, 4.69) is 19.9 Å². The number of hydrogen-bond donors (Lipinski definition) is 1. The van der Waals surface area contributed by atoms with Crippen molar-refractivity contribution in [2.24, 2.45) is 5.92 Å². The molecule has 1 N–H and O–H groups in total. The maximum atomic E-state index is 12.5. The second-order valence-electron chi connectivity index (χ2n) is 6.63. The summed E-state index contributed by atoms with van der Waals surface area (Å²) >= 11 is 0.